The number of phenolic OH excluding ortho intramolecular Hbond substituents is 1. The van der Waals surface area contributed by atoms with Crippen molar-refractivity contribution in [3.8, 4) is 5.75 Å². The molecule has 26 heavy (non-hydrogen) atoms. The van der Waals surface area contributed by atoms with Crippen LogP contribution in [0.25, 0.3) is 11.0 Å². The Kier molecular flexibility index (Phi) is 4.75. The molecule has 0 saturated heterocycles. The van der Waals surface area contributed by atoms with E-state index in [1.165, 1.54) is 0 Å². The smallest absolute Gasteiger partial charge is 0.271 e. The molecule has 0 aliphatic carbocycles. The number of amides is 1. The molecule has 1 aromatic heterocycles. The number of phenols is 1. The average Bonchev–Trinajstić information content (AvgIpc) is 2.95. The van der Waals surface area contributed by atoms with Crippen LogP contribution in [0.15, 0.2) is 41.5 Å². The second-order valence-corrected chi connectivity index (χ2v) is 6.27. The normalized spacial score (nSPS) is 11.8. The zero-order valence-electron chi connectivity index (χ0n) is 15.4. The van der Waals surface area contributed by atoms with Crippen molar-refractivity contribution in [2.45, 2.75) is 34.2 Å². The highest BCUT2D eigenvalue weighted by Crippen LogP contribution is 2.19. The Balaban J connectivity index is 1.83. The fourth-order valence-electron chi connectivity index (χ4n) is 2.99. The molecule has 0 bridgehead atoms. The van der Waals surface area contributed by atoms with E-state index in [-0.39, 0.29) is 11.7 Å². The number of hydrogen-bond donors (Lipinski definition) is 2. The minimum atomic E-state index is -0.318. The lowest BCUT2D eigenvalue weighted by Gasteiger charge is -2.06. The van der Waals surface area contributed by atoms with E-state index in [1.807, 2.05) is 32.0 Å². The first-order valence-electron chi connectivity index (χ1n) is 8.52. The number of hydrazone groups is 1. The number of aryl methyl sites for hydroxylation is 3. The van der Waals surface area contributed by atoms with Crippen LogP contribution in [-0.4, -0.2) is 26.3 Å². The molecule has 0 fully saturated rings. The van der Waals surface area contributed by atoms with Gasteiger partial charge in [-0.05, 0) is 58.0 Å². The summed E-state index contributed by atoms with van der Waals surface area (Å²) in [6.07, 6.45) is 0. The first-order valence-corrected chi connectivity index (χ1v) is 8.52. The van der Waals surface area contributed by atoms with E-state index >= 15 is 0 Å². The number of carbonyl (C=O) groups excluding carboxylic acids is 1. The molecule has 0 spiro atoms. The van der Waals surface area contributed by atoms with E-state index < -0.39 is 0 Å². The Morgan fingerprint density at radius 3 is 2.73 bits per heavy atom. The number of carbonyl (C=O) groups is 1. The summed E-state index contributed by atoms with van der Waals surface area (Å²) >= 11 is 0. The van der Waals surface area contributed by atoms with Crippen LogP contribution < -0.4 is 5.43 Å². The van der Waals surface area contributed by atoms with Crippen LogP contribution >= 0.6 is 0 Å². The highest BCUT2D eigenvalue weighted by Gasteiger charge is 2.11. The Bertz CT molecular complexity index is 1020. The van der Waals surface area contributed by atoms with Gasteiger partial charge in [0.1, 0.15) is 11.6 Å². The van der Waals surface area contributed by atoms with Crippen molar-refractivity contribution in [2.75, 3.05) is 0 Å². The molecule has 3 rings (SSSR count). The molecule has 134 valence electrons. The third-order valence-corrected chi connectivity index (χ3v) is 4.38. The maximum atomic E-state index is 12.4. The Morgan fingerprint density at radius 2 is 2.00 bits per heavy atom. The largest absolute Gasteiger partial charge is 0.507 e. The third-order valence-electron chi connectivity index (χ3n) is 4.38. The van der Waals surface area contributed by atoms with Crippen LogP contribution in [0.4, 0.5) is 0 Å². The van der Waals surface area contributed by atoms with Gasteiger partial charge in [0, 0.05) is 17.7 Å². The van der Waals surface area contributed by atoms with Gasteiger partial charge in [0.05, 0.1) is 16.7 Å². The van der Waals surface area contributed by atoms with Crippen molar-refractivity contribution in [1.82, 2.24) is 15.0 Å². The van der Waals surface area contributed by atoms with Crippen LogP contribution in [-0.2, 0) is 6.54 Å². The molecule has 0 aliphatic rings. The summed E-state index contributed by atoms with van der Waals surface area (Å²) in [6.45, 7) is 8.52. The summed E-state index contributed by atoms with van der Waals surface area (Å²) in [5, 5.41) is 14.1. The van der Waals surface area contributed by atoms with Crippen molar-refractivity contribution in [1.29, 1.82) is 0 Å². The molecule has 3 aromatic rings. The zero-order chi connectivity index (χ0) is 18.8. The van der Waals surface area contributed by atoms with Gasteiger partial charge in [0.15, 0.2) is 0 Å². The monoisotopic (exact) mass is 350 g/mol. The Morgan fingerprint density at radius 1 is 1.23 bits per heavy atom. The summed E-state index contributed by atoms with van der Waals surface area (Å²) in [7, 11) is 0. The molecule has 1 amide bonds. The number of nitrogens with zero attached hydrogens (tertiary/aromatic N) is 3. The van der Waals surface area contributed by atoms with Crippen molar-refractivity contribution >= 4 is 22.7 Å². The minimum Gasteiger partial charge on any atom is -0.507 e. The fraction of sp³-hybridized carbons (Fsp3) is 0.250. The lowest BCUT2D eigenvalue weighted by Crippen LogP contribution is -2.19. The molecule has 0 radical (unpaired) electrons. The van der Waals surface area contributed by atoms with Gasteiger partial charge in [0.2, 0.25) is 0 Å². The predicted molar refractivity (Wildman–Crippen MR) is 103 cm³/mol. The second kappa shape index (κ2) is 7.00. The molecule has 1 heterocycles. The van der Waals surface area contributed by atoms with Gasteiger partial charge in [-0.15, -0.1) is 0 Å². The number of rotatable bonds is 4. The third kappa shape index (κ3) is 3.31. The number of imidazole rings is 1. The maximum absolute atomic E-state index is 12.4. The molecular formula is C20H22N4O2. The molecule has 2 aromatic carbocycles. The van der Waals surface area contributed by atoms with E-state index in [0.29, 0.717) is 16.8 Å². The summed E-state index contributed by atoms with van der Waals surface area (Å²) in [6, 6.07) is 10.7. The second-order valence-electron chi connectivity index (χ2n) is 6.27. The highest BCUT2D eigenvalue weighted by atomic mass is 16.3. The highest BCUT2D eigenvalue weighted by molar-refractivity contribution is 6.03. The number of benzene rings is 2. The number of aromatic hydroxyl groups is 1. The van der Waals surface area contributed by atoms with E-state index in [2.05, 4.69) is 27.0 Å². The van der Waals surface area contributed by atoms with Crippen molar-refractivity contribution in [2.24, 2.45) is 5.10 Å². The standard InChI is InChI=1S/C20H22N4O2/c1-5-24-14(4)21-17-11-15(7-8-18(17)24)20(26)23-22-13(3)16-10-12(2)6-9-19(16)25/h6-11,25H,5H2,1-4H3,(H,23,26)/b22-13+. The molecule has 2 N–H and O–H groups in total. The number of fused-ring (bicyclic) bond motifs is 1. The number of aromatic nitrogens is 2. The maximum Gasteiger partial charge on any atom is 0.271 e. The Labute approximate surface area is 152 Å². The first kappa shape index (κ1) is 17.7. The van der Waals surface area contributed by atoms with Gasteiger partial charge < -0.3 is 9.67 Å². The molecule has 6 nitrogen and oxygen atoms in total. The molecule has 6 heteroatoms. The van der Waals surface area contributed by atoms with E-state index in [1.54, 1.807) is 25.1 Å². The van der Waals surface area contributed by atoms with Gasteiger partial charge in [-0.2, -0.15) is 5.10 Å². The first-order chi connectivity index (χ1) is 12.4. The van der Waals surface area contributed by atoms with Gasteiger partial charge >= 0.3 is 0 Å². The van der Waals surface area contributed by atoms with Crippen molar-refractivity contribution in [3.05, 3.63) is 58.9 Å². The zero-order valence-corrected chi connectivity index (χ0v) is 15.4. The van der Waals surface area contributed by atoms with Crippen LogP contribution in [0.1, 0.15) is 41.2 Å². The van der Waals surface area contributed by atoms with Crippen LogP contribution in [0.3, 0.4) is 0 Å². The van der Waals surface area contributed by atoms with E-state index in [9.17, 15) is 9.90 Å². The molecule has 0 aliphatic heterocycles. The van der Waals surface area contributed by atoms with E-state index in [0.717, 1.165) is 29.0 Å². The summed E-state index contributed by atoms with van der Waals surface area (Å²) in [5.74, 6) is 0.735. The van der Waals surface area contributed by atoms with Crippen LogP contribution in [0, 0.1) is 13.8 Å². The molecule has 0 atom stereocenters. The number of hydrogen-bond acceptors (Lipinski definition) is 4. The van der Waals surface area contributed by atoms with Crippen LogP contribution in [0.5, 0.6) is 5.75 Å². The predicted octanol–water partition coefficient (Wildman–Crippen LogP) is 3.53. The number of nitrogens with one attached hydrogen (secondary N) is 1. The average molecular weight is 350 g/mol. The SMILES string of the molecule is CCn1c(C)nc2cc(C(=O)N/N=C(\C)c3cc(C)ccc3O)ccc21. The molecular weight excluding hydrogens is 328 g/mol. The topological polar surface area (TPSA) is 79.5 Å². The van der Waals surface area contributed by atoms with Crippen molar-refractivity contribution < 1.29 is 9.90 Å². The summed E-state index contributed by atoms with van der Waals surface area (Å²) in [5.41, 5.74) is 6.96. The van der Waals surface area contributed by atoms with Gasteiger partial charge in [-0.1, -0.05) is 11.6 Å². The minimum absolute atomic E-state index is 0.132. The van der Waals surface area contributed by atoms with Crippen LogP contribution in [0.2, 0.25) is 0 Å². The van der Waals surface area contributed by atoms with Gasteiger partial charge in [0.25, 0.3) is 5.91 Å². The quantitative estimate of drug-likeness (QED) is 0.558. The van der Waals surface area contributed by atoms with E-state index in [4.69, 9.17) is 0 Å². The van der Waals surface area contributed by atoms with Crippen molar-refractivity contribution in [3.63, 3.8) is 0 Å². The molecule has 0 saturated carbocycles. The summed E-state index contributed by atoms with van der Waals surface area (Å²) < 4.78 is 2.10. The Hall–Kier alpha value is -3.15. The molecule has 0 unspecified atom stereocenters. The van der Waals surface area contributed by atoms with Gasteiger partial charge in [-0.25, -0.2) is 10.4 Å². The summed E-state index contributed by atoms with van der Waals surface area (Å²) in [4.78, 5) is 16.9. The lowest BCUT2D eigenvalue weighted by atomic mass is 10.1. The lowest BCUT2D eigenvalue weighted by molar-refractivity contribution is 0.0955. The fourth-order valence-corrected chi connectivity index (χ4v) is 2.99. The van der Waals surface area contributed by atoms with Gasteiger partial charge in [-0.3, -0.25) is 4.79 Å².